The van der Waals surface area contributed by atoms with Gasteiger partial charge in [0.05, 0.1) is 12.5 Å². The minimum atomic E-state index is -0.936. The highest BCUT2D eigenvalue weighted by molar-refractivity contribution is 5.71. The topological polar surface area (TPSA) is 84.9 Å². The zero-order valence-electron chi connectivity index (χ0n) is 12.5. The van der Waals surface area contributed by atoms with E-state index in [-0.39, 0.29) is 25.0 Å². The lowest BCUT2D eigenvalue weighted by atomic mass is 9.76. The molecule has 1 atom stereocenters. The summed E-state index contributed by atoms with van der Waals surface area (Å²) in [5.41, 5.74) is 0.885. The third kappa shape index (κ3) is 4.73. The van der Waals surface area contributed by atoms with Crippen molar-refractivity contribution in [2.24, 2.45) is 5.92 Å². The molecule has 0 aliphatic heterocycles. The smallest absolute Gasteiger partial charge is 0.407 e. The summed E-state index contributed by atoms with van der Waals surface area (Å²) in [6.45, 7) is 0.165. The van der Waals surface area contributed by atoms with Crippen molar-refractivity contribution in [2.45, 2.75) is 38.0 Å². The quantitative estimate of drug-likeness (QED) is 0.806. The highest BCUT2D eigenvalue weighted by atomic mass is 16.5. The molecule has 2 rings (SSSR count). The molecule has 1 aromatic carbocycles. The second-order valence-electron chi connectivity index (χ2n) is 5.50. The van der Waals surface area contributed by atoms with E-state index < -0.39 is 18.1 Å². The Kier molecular flexibility index (Phi) is 5.77. The van der Waals surface area contributed by atoms with Crippen LogP contribution in [0.3, 0.4) is 0 Å². The fourth-order valence-corrected chi connectivity index (χ4v) is 2.57. The Hall–Kier alpha value is -2.08. The number of ether oxygens (including phenoxy) is 2. The number of hydrogen-bond acceptors (Lipinski definition) is 4. The standard InChI is InChI=1S/C16H21NO5/c1-21-13-7-12(8-13)14(9-15(18)19)17-16(20)22-10-11-5-3-2-4-6-11/h2-6,12-14H,7-10H2,1H3,(H,17,20)(H,18,19)/t12?,13?,14-/m0/s1. The highest BCUT2D eigenvalue weighted by Gasteiger charge is 2.37. The van der Waals surface area contributed by atoms with E-state index in [0.717, 1.165) is 18.4 Å². The molecular formula is C16H21NO5. The first kappa shape index (κ1) is 16.3. The molecule has 0 saturated heterocycles. The van der Waals surface area contributed by atoms with E-state index in [0.29, 0.717) is 0 Å². The minimum absolute atomic E-state index is 0.110. The molecule has 1 saturated carbocycles. The molecule has 1 amide bonds. The van der Waals surface area contributed by atoms with E-state index in [2.05, 4.69) is 5.32 Å². The predicted molar refractivity (Wildman–Crippen MR) is 79.3 cm³/mol. The Bertz CT molecular complexity index is 499. The first-order valence-corrected chi connectivity index (χ1v) is 7.30. The van der Waals surface area contributed by atoms with Crippen LogP contribution in [-0.4, -0.2) is 36.4 Å². The second kappa shape index (κ2) is 7.79. The van der Waals surface area contributed by atoms with Gasteiger partial charge in [0.1, 0.15) is 6.61 Å². The van der Waals surface area contributed by atoms with Crippen molar-refractivity contribution in [3.8, 4) is 0 Å². The van der Waals surface area contributed by atoms with Crippen molar-refractivity contribution in [1.29, 1.82) is 0 Å². The largest absolute Gasteiger partial charge is 0.481 e. The monoisotopic (exact) mass is 307 g/mol. The van der Waals surface area contributed by atoms with Crippen molar-refractivity contribution in [1.82, 2.24) is 5.32 Å². The summed E-state index contributed by atoms with van der Waals surface area (Å²) in [5, 5.41) is 11.6. The van der Waals surface area contributed by atoms with Gasteiger partial charge in [-0.05, 0) is 24.3 Å². The summed E-state index contributed by atoms with van der Waals surface area (Å²) in [6.07, 6.45) is 0.974. The molecule has 6 heteroatoms. The molecule has 6 nitrogen and oxygen atoms in total. The maximum atomic E-state index is 11.8. The van der Waals surface area contributed by atoms with Gasteiger partial charge in [0.2, 0.25) is 0 Å². The number of benzene rings is 1. The summed E-state index contributed by atoms with van der Waals surface area (Å²) in [6, 6.07) is 8.91. The Morgan fingerprint density at radius 3 is 2.59 bits per heavy atom. The predicted octanol–water partition coefficient (Wildman–Crippen LogP) is 2.18. The Morgan fingerprint density at radius 1 is 1.32 bits per heavy atom. The number of rotatable bonds is 7. The molecule has 2 N–H and O–H groups in total. The van der Waals surface area contributed by atoms with Crippen LogP contribution >= 0.6 is 0 Å². The maximum absolute atomic E-state index is 11.8. The molecule has 0 aromatic heterocycles. The van der Waals surface area contributed by atoms with Crippen molar-refractivity contribution in [2.75, 3.05) is 7.11 Å². The second-order valence-corrected chi connectivity index (χ2v) is 5.50. The summed E-state index contributed by atoms with van der Waals surface area (Å²) in [4.78, 5) is 22.8. The van der Waals surface area contributed by atoms with E-state index >= 15 is 0 Å². The number of aliphatic carboxylic acids is 1. The highest BCUT2D eigenvalue weighted by Crippen LogP contribution is 2.33. The van der Waals surface area contributed by atoms with Crippen molar-refractivity contribution < 1.29 is 24.2 Å². The first-order valence-electron chi connectivity index (χ1n) is 7.30. The van der Waals surface area contributed by atoms with E-state index in [1.54, 1.807) is 7.11 Å². The van der Waals surface area contributed by atoms with Gasteiger partial charge in [-0.2, -0.15) is 0 Å². The Morgan fingerprint density at radius 2 is 2.00 bits per heavy atom. The van der Waals surface area contributed by atoms with Gasteiger partial charge in [0, 0.05) is 13.2 Å². The maximum Gasteiger partial charge on any atom is 0.407 e. The zero-order valence-corrected chi connectivity index (χ0v) is 12.5. The van der Waals surface area contributed by atoms with Crippen LogP contribution in [0.1, 0.15) is 24.8 Å². The third-order valence-corrected chi connectivity index (χ3v) is 3.94. The van der Waals surface area contributed by atoms with E-state index in [1.165, 1.54) is 0 Å². The number of amides is 1. The van der Waals surface area contributed by atoms with E-state index in [9.17, 15) is 9.59 Å². The van der Waals surface area contributed by atoms with E-state index in [4.69, 9.17) is 14.6 Å². The van der Waals surface area contributed by atoms with Crippen molar-refractivity contribution in [3.05, 3.63) is 35.9 Å². The van der Waals surface area contributed by atoms with Crippen LogP contribution in [0, 0.1) is 5.92 Å². The molecule has 0 radical (unpaired) electrons. The molecular weight excluding hydrogens is 286 g/mol. The number of carbonyl (C=O) groups excluding carboxylic acids is 1. The number of carbonyl (C=O) groups is 2. The lowest BCUT2D eigenvalue weighted by Crippen LogP contribution is -2.48. The van der Waals surface area contributed by atoms with Gasteiger partial charge in [-0.15, -0.1) is 0 Å². The van der Waals surface area contributed by atoms with Crippen LogP contribution in [0.4, 0.5) is 4.79 Å². The molecule has 0 bridgehead atoms. The number of nitrogens with one attached hydrogen (secondary N) is 1. The van der Waals surface area contributed by atoms with Gasteiger partial charge in [-0.1, -0.05) is 30.3 Å². The van der Waals surface area contributed by atoms with Crippen LogP contribution in [0.25, 0.3) is 0 Å². The van der Waals surface area contributed by atoms with Crippen molar-refractivity contribution >= 4 is 12.1 Å². The van der Waals surface area contributed by atoms with Gasteiger partial charge in [-0.3, -0.25) is 4.79 Å². The fraction of sp³-hybridized carbons (Fsp3) is 0.500. The molecule has 120 valence electrons. The van der Waals surface area contributed by atoms with Crippen LogP contribution in [-0.2, 0) is 20.9 Å². The lowest BCUT2D eigenvalue weighted by molar-refractivity contribution is -0.138. The average molecular weight is 307 g/mol. The minimum Gasteiger partial charge on any atom is -0.481 e. The number of alkyl carbamates (subject to hydrolysis) is 1. The normalized spacial score (nSPS) is 21.5. The van der Waals surface area contributed by atoms with Gasteiger partial charge in [0.15, 0.2) is 0 Å². The molecule has 22 heavy (non-hydrogen) atoms. The molecule has 1 fully saturated rings. The zero-order chi connectivity index (χ0) is 15.9. The Labute approximate surface area is 129 Å². The molecule has 1 aliphatic carbocycles. The lowest BCUT2D eigenvalue weighted by Gasteiger charge is -2.39. The van der Waals surface area contributed by atoms with Crippen LogP contribution in [0.5, 0.6) is 0 Å². The van der Waals surface area contributed by atoms with Gasteiger partial charge in [0.25, 0.3) is 0 Å². The summed E-state index contributed by atoms with van der Waals surface area (Å²) >= 11 is 0. The first-order chi connectivity index (χ1) is 10.6. The number of carboxylic acid groups (broad SMARTS) is 1. The number of carboxylic acids is 1. The summed E-state index contributed by atoms with van der Waals surface area (Å²) < 4.78 is 10.3. The molecule has 0 spiro atoms. The Balaban J connectivity index is 1.81. The van der Waals surface area contributed by atoms with Crippen LogP contribution < -0.4 is 5.32 Å². The SMILES string of the molecule is COC1CC([C@H](CC(=O)O)NC(=O)OCc2ccccc2)C1. The molecule has 0 heterocycles. The van der Waals surface area contributed by atoms with E-state index in [1.807, 2.05) is 30.3 Å². The van der Waals surface area contributed by atoms with Gasteiger partial charge in [-0.25, -0.2) is 4.79 Å². The van der Waals surface area contributed by atoms with Gasteiger partial charge < -0.3 is 19.9 Å². The third-order valence-electron chi connectivity index (χ3n) is 3.94. The molecule has 1 aromatic rings. The molecule has 0 unspecified atom stereocenters. The van der Waals surface area contributed by atoms with Crippen LogP contribution in [0.2, 0.25) is 0 Å². The summed E-state index contributed by atoms with van der Waals surface area (Å²) in [7, 11) is 1.63. The van der Waals surface area contributed by atoms with Crippen LogP contribution in [0.15, 0.2) is 30.3 Å². The number of methoxy groups -OCH3 is 1. The van der Waals surface area contributed by atoms with Crippen molar-refractivity contribution in [3.63, 3.8) is 0 Å². The van der Waals surface area contributed by atoms with Gasteiger partial charge >= 0.3 is 12.1 Å². The number of hydrogen-bond donors (Lipinski definition) is 2. The fourth-order valence-electron chi connectivity index (χ4n) is 2.57. The summed E-state index contributed by atoms with van der Waals surface area (Å²) in [5.74, 6) is -0.820. The molecule has 1 aliphatic rings. The average Bonchev–Trinajstić information content (AvgIpc) is 2.44.